The van der Waals surface area contributed by atoms with Gasteiger partial charge in [0, 0.05) is 10.0 Å². The second-order valence-electron chi connectivity index (χ2n) is 4.69. The molecule has 0 aromatic heterocycles. The van der Waals surface area contributed by atoms with Crippen LogP contribution in [-0.4, -0.2) is 14.6 Å². The molecular weight excluding hydrogens is 352 g/mol. The van der Waals surface area contributed by atoms with E-state index in [9.17, 15) is 8.42 Å². The van der Waals surface area contributed by atoms with Gasteiger partial charge in [-0.1, -0.05) is 45.8 Å². The van der Waals surface area contributed by atoms with Crippen molar-refractivity contribution in [1.29, 1.82) is 0 Å². The Labute approximate surface area is 133 Å². The Morgan fingerprint density at radius 2 is 1.67 bits per heavy atom. The number of aryl methyl sites for hydroxylation is 2. The maximum absolute atomic E-state index is 12.0. The normalized spacial score (nSPS) is 11.8. The first-order chi connectivity index (χ1) is 9.88. The molecule has 110 valence electrons. The van der Waals surface area contributed by atoms with Crippen molar-refractivity contribution in [3.05, 3.63) is 63.6 Å². The van der Waals surface area contributed by atoms with Crippen molar-refractivity contribution in [3.63, 3.8) is 0 Å². The van der Waals surface area contributed by atoms with Crippen LogP contribution in [-0.2, 0) is 10.0 Å². The second kappa shape index (κ2) is 6.41. The Hall–Kier alpha value is -1.66. The minimum atomic E-state index is -3.63. The third-order valence-electron chi connectivity index (χ3n) is 2.86. The van der Waals surface area contributed by atoms with Crippen LogP contribution in [0.25, 0.3) is 0 Å². The number of hydrazone groups is 1. The third-order valence-corrected chi connectivity index (χ3v) is 4.79. The first kappa shape index (κ1) is 15.7. The maximum atomic E-state index is 12.0. The number of nitrogens with zero attached hydrogens (tertiary/aromatic N) is 1. The Morgan fingerprint density at radius 3 is 2.29 bits per heavy atom. The van der Waals surface area contributed by atoms with Crippen LogP contribution in [0.3, 0.4) is 0 Å². The molecule has 1 N–H and O–H groups in total. The minimum Gasteiger partial charge on any atom is -0.200 e. The summed E-state index contributed by atoms with van der Waals surface area (Å²) in [5, 5.41) is 3.81. The molecule has 4 nitrogen and oxygen atoms in total. The second-order valence-corrected chi connectivity index (χ2v) is 7.21. The van der Waals surface area contributed by atoms with Gasteiger partial charge in [-0.15, -0.1) is 0 Å². The van der Waals surface area contributed by atoms with Crippen molar-refractivity contribution in [2.45, 2.75) is 18.7 Å². The van der Waals surface area contributed by atoms with E-state index in [2.05, 4.69) is 25.9 Å². The zero-order chi connectivity index (χ0) is 15.5. The highest BCUT2D eigenvalue weighted by molar-refractivity contribution is 9.10. The molecule has 0 heterocycles. The molecule has 0 bridgehead atoms. The lowest BCUT2D eigenvalue weighted by molar-refractivity contribution is 0.584. The fraction of sp³-hybridized carbons (Fsp3) is 0.133. The number of rotatable bonds is 4. The van der Waals surface area contributed by atoms with E-state index in [1.165, 1.54) is 6.21 Å². The van der Waals surface area contributed by atoms with Crippen molar-refractivity contribution < 1.29 is 8.42 Å². The summed E-state index contributed by atoms with van der Waals surface area (Å²) >= 11 is 3.41. The van der Waals surface area contributed by atoms with Crippen LogP contribution in [0.4, 0.5) is 0 Å². The summed E-state index contributed by atoms with van der Waals surface area (Å²) in [6.07, 6.45) is 1.47. The lowest BCUT2D eigenvalue weighted by Gasteiger charge is -2.04. The van der Waals surface area contributed by atoms with Crippen molar-refractivity contribution in [2.24, 2.45) is 5.10 Å². The zero-order valence-electron chi connectivity index (χ0n) is 11.7. The van der Waals surface area contributed by atoms with E-state index in [1.807, 2.05) is 32.0 Å². The van der Waals surface area contributed by atoms with Gasteiger partial charge >= 0.3 is 0 Å². The summed E-state index contributed by atoms with van der Waals surface area (Å²) in [7, 11) is -3.63. The average Bonchev–Trinajstić information content (AvgIpc) is 2.41. The van der Waals surface area contributed by atoms with E-state index < -0.39 is 10.0 Å². The highest BCUT2D eigenvalue weighted by Crippen LogP contribution is 2.16. The number of hydrogen-bond acceptors (Lipinski definition) is 3. The van der Waals surface area contributed by atoms with Crippen molar-refractivity contribution in [3.8, 4) is 0 Å². The molecule has 21 heavy (non-hydrogen) atoms. The molecule has 2 aromatic rings. The Kier molecular flexibility index (Phi) is 4.80. The Bertz CT molecular complexity index is 769. The number of sulfonamides is 1. The van der Waals surface area contributed by atoms with Crippen LogP contribution >= 0.6 is 15.9 Å². The quantitative estimate of drug-likeness (QED) is 0.665. The summed E-state index contributed by atoms with van der Waals surface area (Å²) < 4.78 is 24.9. The lowest BCUT2D eigenvalue weighted by Crippen LogP contribution is -2.18. The summed E-state index contributed by atoms with van der Waals surface area (Å²) in [6.45, 7) is 3.88. The third kappa shape index (κ3) is 4.15. The van der Waals surface area contributed by atoms with E-state index in [0.29, 0.717) is 0 Å². The zero-order valence-corrected chi connectivity index (χ0v) is 14.1. The molecule has 0 saturated heterocycles. The molecule has 2 aromatic carbocycles. The van der Waals surface area contributed by atoms with Gasteiger partial charge in [-0.25, -0.2) is 4.83 Å². The summed E-state index contributed by atoms with van der Waals surface area (Å²) in [5.74, 6) is 0. The first-order valence-electron chi connectivity index (χ1n) is 6.26. The molecule has 0 atom stereocenters. The van der Waals surface area contributed by atoms with Crippen LogP contribution in [0.15, 0.2) is 56.9 Å². The van der Waals surface area contributed by atoms with Gasteiger partial charge in [-0.3, -0.25) is 0 Å². The molecule has 0 aliphatic heterocycles. The number of halogens is 1. The van der Waals surface area contributed by atoms with E-state index in [-0.39, 0.29) is 4.90 Å². The molecule has 2 rings (SSSR count). The van der Waals surface area contributed by atoms with Crippen LogP contribution in [0.5, 0.6) is 0 Å². The van der Waals surface area contributed by atoms with Gasteiger partial charge < -0.3 is 0 Å². The van der Waals surface area contributed by atoms with E-state index in [0.717, 1.165) is 21.2 Å². The molecule has 0 saturated carbocycles. The van der Waals surface area contributed by atoms with Gasteiger partial charge in [0.15, 0.2) is 0 Å². The fourth-order valence-electron chi connectivity index (χ4n) is 1.67. The Balaban J connectivity index is 2.14. The van der Waals surface area contributed by atoms with Crippen molar-refractivity contribution >= 4 is 32.2 Å². The smallest absolute Gasteiger partial charge is 0.200 e. The largest absolute Gasteiger partial charge is 0.276 e. The molecule has 0 unspecified atom stereocenters. The molecule has 0 fully saturated rings. The maximum Gasteiger partial charge on any atom is 0.276 e. The average molecular weight is 367 g/mol. The molecule has 0 aliphatic rings. The van der Waals surface area contributed by atoms with Gasteiger partial charge in [0.1, 0.15) is 0 Å². The van der Waals surface area contributed by atoms with Gasteiger partial charge in [-0.05, 0) is 37.6 Å². The predicted molar refractivity (Wildman–Crippen MR) is 88.0 cm³/mol. The molecule has 0 amide bonds. The number of hydrogen-bond donors (Lipinski definition) is 1. The Morgan fingerprint density at radius 1 is 1.05 bits per heavy atom. The highest BCUT2D eigenvalue weighted by atomic mass is 79.9. The fourth-order valence-corrected chi connectivity index (χ4v) is 3.06. The standard InChI is InChI=1S/C15H15BrN2O2S/c1-11-4-7-14(8-5-11)21(19,20)18-17-10-13-6-3-12(2)9-15(13)16/h3-10,18H,1-2H3/b17-10+. The van der Waals surface area contributed by atoms with Gasteiger partial charge in [-0.2, -0.15) is 13.5 Å². The monoisotopic (exact) mass is 366 g/mol. The van der Waals surface area contributed by atoms with Crippen LogP contribution in [0.1, 0.15) is 16.7 Å². The van der Waals surface area contributed by atoms with Crippen molar-refractivity contribution in [2.75, 3.05) is 0 Å². The van der Waals surface area contributed by atoms with Crippen LogP contribution in [0, 0.1) is 13.8 Å². The summed E-state index contributed by atoms with van der Waals surface area (Å²) in [4.78, 5) is 2.39. The molecule has 6 heteroatoms. The van der Waals surface area contributed by atoms with Gasteiger partial charge in [0.2, 0.25) is 0 Å². The first-order valence-corrected chi connectivity index (χ1v) is 8.54. The predicted octanol–water partition coefficient (Wildman–Crippen LogP) is 3.38. The van der Waals surface area contributed by atoms with Crippen molar-refractivity contribution in [1.82, 2.24) is 4.83 Å². The van der Waals surface area contributed by atoms with Gasteiger partial charge in [0.25, 0.3) is 10.0 Å². The number of nitrogens with one attached hydrogen (secondary N) is 1. The molecule has 0 radical (unpaired) electrons. The molecule has 0 spiro atoms. The number of benzene rings is 2. The van der Waals surface area contributed by atoms with Crippen LogP contribution in [0.2, 0.25) is 0 Å². The summed E-state index contributed by atoms with van der Waals surface area (Å²) in [5.41, 5.74) is 2.91. The van der Waals surface area contributed by atoms with E-state index >= 15 is 0 Å². The molecule has 0 aliphatic carbocycles. The lowest BCUT2D eigenvalue weighted by atomic mass is 10.2. The topological polar surface area (TPSA) is 58.5 Å². The van der Waals surface area contributed by atoms with Gasteiger partial charge in [0.05, 0.1) is 11.1 Å². The SMILES string of the molecule is Cc1ccc(S(=O)(=O)N/N=C/c2ccc(C)cc2Br)cc1. The van der Waals surface area contributed by atoms with Crippen LogP contribution < -0.4 is 4.83 Å². The summed E-state index contributed by atoms with van der Waals surface area (Å²) in [6, 6.07) is 12.3. The minimum absolute atomic E-state index is 0.188. The highest BCUT2D eigenvalue weighted by Gasteiger charge is 2.11. The molecular formula is C15H15BrN2O2S. The van der Waals surface area contributed by atoms with E-state index in [1.54, 1.807) is 24.3 Å². The van der Waals surface area contributed by atoms with E-state index in [4.69, 9.17) is 0 Å².